The quantitative estimate of drug-likeness (QED) is 0.852. The van der Waals surface area contributed by atoms with Gasteiger partial charge in [-0.2, -0.15) is 0 Å². The molecule has 1 atom stereocenters. The maximum absolute atomic E-state index is 11.1. The molecule has 1 aliphatic rings. The van der Waals surface area contributed by atoms with Gasteiger partial charge in [0.15, 0.2) is 0 Å². The van der Waals surface area contributed by atoms with Gasteiger partial charge < -0.3 is 5.11 Å². The Labute approximate surface area is 115 Å². The number of carbonyl (C=O) groups is 1. The van der Waals surface area contributed by atoms with Gasteiger partial charge in [0.05, 0.1) is 6.42 Å². The van der Waals surface area contributed by atoms with Crippen LogP contribution in [0.2, 0.25) is 0 Å². The number of aliphatic carboxylic acids is 1. The molecule has 1 aromatic rings. The van der Waals surface area contributed by atoms with Gasteiger partial charge in [-0.1, -0.05) is 50.5 Å². The SMILES string of the molecule is CCc1ccc(C(CC(=O)O)C2CCCCC2)cc1. The van der Waals surface area contributed by atoms with Crippen molar-refractivity contribution in [3.63, 3.8) is 0 Å². The molecule has 0 heterocycles. The van der Waals surface area contributed by atoms with Crippen LogP contribution in [-0.2, 0) is 11.2 Å². The molecule has 2 heteroatoms. The predicted molar refractivity (Wildman–Crippen MR) is 77.4 cm³/mol. The van der Waals surface area contributed by atoms with Crippen molar-refractivity contribution in [1.29, 1.82) is 0 Å². The van der Waals surface area contributed by atoms with Gasteiger partial charge in [0.2, 0.25) is 0 Å². The van der Waals surface area contributed by atoms with Crippen molar-refractivity contribution in [2.45, 2.75) is 57.8 Å². The van der Waals surface area contributed by atoms with E-state index >= 15 is 0 Å². The molecule has 1 unspecified atom stereocenters. The summed E-state index contributed by atoms with van der Waals surface area (Å²) in [7, 11) is 0. The van der Waals surface area contributed by atoms with E-state index in [-0.39, 0.29) is 12.3 Å². The highest BCUT2D eigenvalue weighted by Crippen LogP contribution is 2.38. The molecule has 0 aromatic heterocycles. The number of aryl methyl sites for hydroxylation is 1. The van der Waals surface area contributed by atoms with E-state index < -0.39 is 5.97 Å². The predicted octanol–water partition coefficient (Wildman–Crippen LogP) is 4.39. The van der Waals surface area contributed by atoms with E-state index in [0.717, 1.165) is 6.42 Å². The summed E-state index contributed by atoms with van der Waals surface area (Å²) in [6.07, 6.45) is 7.51. The Bertz CT molecular complexity index is 402. The maximum atomic E-state index is 11.1. The first-order valence-electron chi connectivity index (χ1n) is 7.51. The highest BCUT2D eigenvalue weighted by atomic mass is 16.4. The zero-order chi connectivity index (χ0) is 13.7. The molecule has 1 saturated carbocycles. The molecule has 104 valence electrons. The van der Waals surface area contributed by atoms with E-state index in [1.807, 2.05) is 0 Å². The molecule has 0 aliphatic heterocycles. The molecule has 1 aliphatic carbocycles. The first-order chi connectivity index (χ1) is 9.20. The average molecular weight is 260 g/mol. The smallest absolute Gasteiger partial charge is 0.303 e. The van der Waals surface area contributed by atoms with Crippen LogP contribution in [0.25, 0.3) is 0 Å². The summed E-state index contributed by atoms with van der Waals surface area (Å²) in [6.45, 7) is 2.14. The van der Waals surface area contributed by atoms with Crippen LogP contribution in [0.5, 0.6) is 0 Å². The molecule has 0 amide bonds. The second kappa shape index (κ2) is 6.74. The van der Waals surface area contributed by atoms with Crippen LogP contribution in [0.1, 0.15) is 62.5 Å². The fraction of sp³-hybridized carbons (Fsp3) is 0.588. The number of hydrogen-bond donors (Lipinski definition) is 1. The fourth-order valence-electron chi connectivity index (χ4n) is 3.28. The molecule has 1 N–H and O–H groups in total. The molecule has 0 saturated heterocycles. The van der Waals surface area contributed by atoms with Crippen molar-refractivity contribution in [2.75, 3.05) is 0 Å². The van der Waals surface area contributed by atoms with Crippen molar-refractivity contribution in [1.82, 2.24) is 0 Å². The first-order valence-corrected chi connectivity index (χ1v) is 7.51. The van der Waals surface area contributed by atoms with Gasteiger partial charge in [-0.25, -0.2) is 0 Å². The molecular weight excluding hydrogens is 236 g/mol. The van der Waals surface area contributed by atoms with E-state index in [4.69, 9.17) is 0 Å². The second-order valence-corrected chi connectivity index (χ2v) is 5.70. The van der Waals surface area contributed by atoms with Gasteiger partial charge in [-0.15, -0.1) is 0 Å². The number of hydrogen-bond acceptors (Lipinski definition) is 1. The highest BCUT2D eigenvalue weighted by molar-refractivity contribution is 5.68. The molecule has 0 bridgehead atoms. The molecule has 1 fully saturated rings. The van der Waals surface area contributed by atoms with Crippen LogP contribution < -0.4 is 0 Å². The third-order valence-electron chi connectivity index (χ3n) is 4.43. The zero-order valence-electron chi connectivity index (χ0n) is 11.8. The van der Waals surface area contributed by atoms with E-state index in [1.54, 1.807) is 0 Å². The van der Waals surface area contributed by atoms with Gasteiger partial charge in [-0.3, -0.25) is 4.79 Å². The zero-order valence-corrected chi connectivity index (χ0v) is 11.8. The summed E-state index contributed by atoms with van der Waals surface area (Å²) in [5.41, 5.74) is 2.54. The van der Waals surface area contributed by atoms with Gasteiger partial charge in [0.1, 0.15) is 0 Å². The highest BCUT2D eigenvalue weighted by Gasteiger charge is 2.26. The lowest BCUT2D eigenvalue weighted by atomic mass is 9.75. The van der Waals surface area contributed by atoms with E-state index in [1.165, 1.54) is 43.2 Å². The minimum atomic E-state index is -0.671. The summed E-state index contributed by atoms with van der Waals surface area (Å²) in [6, 6.07) is 8.57. The van der Waals surface area contributed by atoms with Gasteiger partial charge >= 0.3 is 5.97 Å². The van der Waals surface area contributed by atoms with E-state index in [0.29, 0.717) is 5.92 Å². The summed E-state index contributed by atoms with van der Waals surface area (Å²) in [4.78, 5) is 11.1. The number of carboxylic acid groups (broad SMARTS) is 1. The first kappa shape index (κ1) is 14.1. The van der Waals surface area contributed by atoms with Crippen LogP contribution in [-0.4, -0.2) is 11.1 Å². The number of rotatable bonds is 5. The Balaban J connectivity index is 2.17. The van der Waals surface area contributed by atoms with Crippen LogP contribution >= 0.6 is 0 Å². The summed E-state index contributed by atoms with van der Waals surface area (Å²) < 4.78 is 0. The Morgan fingerprint density at radius 2 is 1.84 bits per heavy atom. The third kappa shape index (κ3) is 3.82. The molecule has 2 nitrogen and oxygen atoms in total. The van der Waals surface area contributed by atoms with Crippen LogP contribution in [0.15, 0.2) is 24.3 Å². The lowest BCUT2D eigenvalue weighted by Gasteiger charge is -2.29. The van der Waals surface area contributed by atoms with E-state index in [9.17, 15) is 9.90 Å². The Kier molecular flexibility index (Phi) is 5.00. The lowest BCUT2D eigenvalue weighted by Crippen LogP contribution is -2.19. The molecular formula is C17H24O2. The maximum Gasteiger partial charge on any atom is 0.303 e. The fourth-order valence-corrected chi connectivity index (χ4v) is 3.28. The van der Waals surface area contributed by atoms with Crippen LogP contribution in [0.3, 0.4) is 0 Å². The molecule has 1 aromatic carbocycles. The summed E-state index contributed by atoms with van der Waals surface area (Å²) in [5, 5.41) is 9.18. The van der Waals surface area contributed by atoms with Crippen LogP contribution in [0, 0.1) is 5.92 Å². The standard InChI is InChI=1S/C17H24O2/c1-2-13-8-10-15(11-9-13)16(12-17(18)19)14-6-4-3-5-7-14/h8-11,14,16H,2-7,12H2,1H3,(H,18,19). The summed E-state index contributed by atoms with van der Waals surface area (Å²) >= 11 is 0. The molecule has 0 radical (unpaired) electrons. The lowest BCUT2D eigenvalue weighted by molar-refractivity contribution is -0.137. The minimum Gasteiger partial charge on any atom is -0.481 e. The Hall–Kier alpha value is -1.31. The van der Waals surface area contributed by atoms with Crippen molar-refractivity contribution in [3.05, 3.63) is 35.4 Å². The minimum absolute atomic E-state index is 0.198. The molecule has 19 heavy (non-hydrogen) atoms. The van der Waals surface area contributed by atoms with Crippen LogP contribution in [0.4, 0.5) is 0 Å². The monoisotopic (exact) mass is 260 g/mol. The van der Waals surface area contributed by atoms with Crippen molar-refractivity contribution in [3.8, 4) is 0 Å². The molecule has 2 rings (SSSR count). The Morgan fingerprint density at radius 1 is 1.21 bits per heavy atom. The third-order valence-corrected chi connectivity index (χ3v) is 4.43. The number of benzene rings is 1. The normalized spacial score (nSPS) is 18.2. The number of carboxylic acids is 1. The average Bonchev–Trinajstić information content (AvgIpc) is 2.46. The molecule has 0 spiro atoms. The van der Waals surface area contributed by atoms with Crippen molar-refractivity contribution in [2.24, 2.45) is 5.92 Å². The summed E-state index contributed by atoms with van der Waals surface area (Å²) in [5.74, 6) is 0.0798. The van der Waals surface area contributed by atoms with Crippen molar-refractivity contribution < 1.29 is 9.90 Å². The largest absolute Gasteiger partial charge is 0.481 e. The van der Waals surface area contributed by atoms with Gasteiger partial charge in [0.25, 0.3) is 0 Å². The van der Waals surface area contributed by atoms with Crippen molar-refractivity contribution >= 4 is 5.97 Å². The van der Waals surface area contributed by atoms with Gasteiger partial charge in [0, 0.05) is 0 Å². The van der Waals surface area contributed by atoms with E-state index in [2.05, 4.69) is 31.2 Å². The Morgan fingerprint density at radius 3 is 2.37 bits per heavy atom. The topological polar surface area (TPSA) is 37.3 Å². The second-order valence-electron chi connectivity index (χ2n) is 5.70. The van der Waals surface area contributed by atoms with Gasteiger partial charge in [-0.05, 0) is 42.2 Å².